The van der Waals surface area contributed by atoms with Gasteiger partial charge in [-0.2, -0.15) is 0 Å². The van der Waals surface area contributed by atoms with Crippen LogP contribution in [0.15, 0.2) is 60.7 Å². The number of hydrogen-bond donors (Lipinski definition) is 3. The molecule has 0 bridgehead atoms. The van der Waals surface area contributed by atoms with Gasteiger partial charge in [-0.15, -0.1) is 0 Å². The Kier molecular flexibility index (Phi) is 5.09. The van der Waals surface area contributed by atoms with E-state index in [2.05, 4.69) is 0 Å². The zero-order valence-corrected chi connectivity index (χ0v) is 14.4. The van der Waals surface area contributed by atoms with Crippen LogP contribution in [0.3, 0.4) is 0 Å². The van der Waals surface area contributed by atoms with Gasteiger partial charge >= 0.3 is 11.9 Å². The zero-order chi connectivity index (χ0) is 18.7. The average Bonchev–Trinajstić information content (AvgIpc) is 3.45. The van der Waals surface area contributed by atoms with E-state index in [1.54, 1.807) is 0 Å². The Morgan fingerprint density at radius 3 is 1.88 bits per heavy atom. The lowest BCUT2D eigenvalue weighted by Crippen LogP contribution is -2.51. The van der Waals surface area contributed by atoms with E-state index in [0.29, 0.717) is 12.8 Å². The van der Waals surface area contributed by atoms with Crippen LogP contribution in [-0.2, 0) is 9.59 Å². The minimum Gasteiger partial charge on any atom is -0.481 e. The van der Waals surface area contributed by atoms with Crippen LogP contribution in [0.5, 0.6) is 0 Å². The summed E-state index contributed by atoms with van der Waals surface area (Å²) in [4.78, 5) is 23.0. The SMILES string of the molecule is N[C@@](CCC(c1ccccc1)c1ccccc1)(C(=O)O)C1C[C@@H]1C(=O)O. The molecule has 4 N–H and O–H groups in total. The summed E-state index contributed by atoms with van der Waals surface area (Å²) in [6, 6.07) is 19.8. The van der Waals surface area contributed by atoms with Gasteiger partial charge in [0.25, 0.3) is 0 Å². The molecule has 1 aliphatic carbocycles. The van der Waals surface area contributed by atoms with Crippen LogP contribution in [0.2, 0.25) is 0 Å². The van der Waals surface area contributed by atoms with E-state index in [1.807, 2.05) is 60.7 Å². The molecule has 1 fully saturated rings. The summed E-state index contributed by atoms with van der Waals surface area (Å²) in [5.74, 6) is -3.23. The topological polar surface area (TPSA) is 101 Å². The van der Waals surface area contributed by atoms with Gasteiger partial charge in [-0.25, -0.2) is 0 Å². The quantitative estimate of drug-likeness (QED) is 0.677. The van der Waals surface area contributed by atoms with Gasteiger partial charge in [-0.1, -0.05) is 60.7 Å². The van der Waals surface area contributed by atoms with Crippen LogP contribution < -0.4 is 5.73 Å². The predicted molar refractivity (Wildman–Crippen MR) is 97.7 cm³/mol. The monoisotopic (exact) mass is 353 g/mol. The molecule has 5 heteroatoms. The minimum atomic E-state index is -1.51. The molecule has 0 aliphatic heterocycles. The number of carbonyl (C=O) groups is 2. The van der Waals surface area contributed by atoms with Gasteiger partial charge in [-0.05, 0) is 30.4 Å². The Bertz CT molecular complexity index is 738. The molecule has 1 unspecified atom stereocenters. The molecule has 0 saturated heterocycles. The number of benzene rings is 2. The maximum atomic E-state index is 11.8. The van der Waals surface area contributed by atoms with E-state index in [4.69, 9.17) is 10.8 Å². The smallest absolute Gasteiger partial charge is 0.323 e. The zero-order valence-electron chi connectivity index (χ0n) is 14.4. The van der Waals surface area contributed by atoms with Crippen molar-refractivity contribution in [3.8, 4) is 0 Å². The fourth-order valence-electron chi connectivity index (χ4n) is 3.77. The van der Waals surface area contributed by atoms with Crippen LogP contribution in [0.1, 0.15) is 36.3 Å². The normalized spacial score (nSPS) is 21.2. The first-order valence-electron chi connectivity index (χ1n) is 8.78. The number of carboxylic acid groups (broad SMARTS) is 2. The summed E-state index contributed by atoms with van der Waals surface area (Å²) in [6.07, 6.45) is 1.10. The fraction of sp³-hybridized carbons (Fsp3) is 0.333. The summed E-state index contributed by atoms with van der Waals surface area (Å²) in [6.45, 7) is 0. The molecule has 0 heterocycles. The molecule has 2 aromatic carbocycles. The van der Waals surface area contributed by atoms with E-state index >= 15 is 0 Å². The molecule has 26 heavy (non-hydrogen) atoms. The largest absolute Gasteiger partial charge is 0.481 e. The first-order chi connectivity index (χ1) is 12.4. The lowest BCUT2D eigenvalue weighted by molar-refractivity contribution is -0.145. The fourth-order valence-corrected chi connectivity index (χ4v) is 3.77. The summed E-state index contributed by atoms with van der Waals surface area (Å²) in [7, 11) is 0. The van der Waals surface area contributed by atoms with Crippen molar-refractivity contribution in [3.05, 3.63) is 71.8 Å². The minimum absolute atomic E-state index is 0.0155. The second-order valence-electron chi connectivity index (χ2n) is 7.05. The Morgan fingerprint density at radius 1 is 1.00 bits per heavy atom. The molecule has 3 rings (SSSR count). The predicted octanol–water partition coefficient (Wildman–Crippen LogP) is 3.10. The molecule has 0 aromatic heterocycles. The van der Waals surface area contributed by atoms with Gasteiger partial charge in [0.05, 0.1) is 5.92 Å². The maximum absolute atomic E-state index is 11.8. The van der Waals surface area contributed by atoms with Crippen molar-refractivity contribution < 1.29 is 19.8 Å². The van der Waals surface area contributed by atoms with Crippen molar-refractivity contribution in [1.82, 2.24) is 0 Å². The second-order valence-corrected chi connectivity index (χ2v) is 7.05. The Labute approximate surface area is 152 Å². The summed E-state index contributed by atoms with van der Waals surface area (Å²) < 4.78 is 0. The average molecular weight is 353 g/mol. The van der Waals surface area contributed by atoms with Gasteiger partial charge < -0.3 is 15.9 Å². The molecule has 136 valence electrons. The Morgan fingerprint density at radius 2 is 1.50 bits per heavy atom. The molecule has 0 radical (unpaired) electrons. The highest BCUT2D eigenvalue weighted by Crippen LogP contribution is 2.48. The second kappa shape index (κ2) is 7.30. The summed E-state index contributed by atoms with van der Waals surface area (Å²) >= 11 is 0. The van der Waals surface area contributed by atoms with E-state index in [9.17, 15) is 14.7 Å². The number of aliphatic carboxylic acids is 2. The van der Waals surface area contributed by atoms with E-state index in [0.717, 1.165) is 11.1 Å². The highest BCUT2D eigenvalue weighted by molar-refractivity contribution is 5.83. The van der Waals surface area contributed by atoms with Gasteiger partial charge in [0.15, 0.2) is 0 Å². The summed E-state index contributed by atoms with van der Waals surface area (Å²) in [5, 5.41) is 18.8. The lowest BCUT2D eigenvalue weighted by atomic mass is 9.80. The molecule has 2 aromatic rings. The number of nitrogens with two attached hydrogens (primary N) is 1. The molecule has 0 amide bonds. The molecule has 0 spiro atoms. The van der Waals surface area contributed by atoms with Crippen molar-refractivity contribution >= 4 is 11.9 Å². The van der Waals surface area contributed by atoms with Crippen molar-refractivity contribution in [2.75, 3.05) is 0 Å². The van der Waals surface area contributed by atoms with Gasteiger partial charge in [0.2, 0.25) is 0 Å². The number of hydrogen-bond acceptors (Lipinski definition) is 3. The molecule has 3 atom stereocenters. The first kappa shape index (κ1) is 18.1. The molecular weight excluding hydrogens is 330 g/mol. The van der Waals surface area contributed by atoms with E-state index in [1.165, 1.54) is 0 Å². The third kappa shape index (κ3) is 3.63. The van der Waals surface area contributed by atoms with Gasteiger partial charge in [0, 0.05) is 11.8 Å². The van der Waals surface area contributed by atoms with E-state index < -0.39 is 29.3 Å². The maximum Gasteiger partial charge on any atom is 0.323 e. The van der Waals surface area contributed by atoms with Crippen molar-refractivity contribution in [2.45, 2.75) is 30.7 Å². The Balaban J connectivity index is 1.83. The van der Waals surface area contributed by atoms with Crippen LogP contribution in [0.25, 0.3) is 0 Å². The molecule has 1 saturated carbocycles. The highest BCUT2D eigenvalue weighted by atomic mass is 16.4. The van der Waals surface area contributed by atoms with Crippen LogP contribution >= 0.6 is 0 Å². The third-order valence-electron chi connectivity index (χ3n) is 5.42. The van der Waals surface area contributed by atoms with Crippen LogP contribution in [-0.4, -0.2) is 27.7 Å². The third-order valence-corrected chi connectivity index (χ3v) is 5.42. The molecule has 1 aliphatic rings. The standard InChI is InChI=1S/C21H23NO4/c22-21(20(25)26,18-13-17(18)19(23)24)12-11-16(14-7-3-1-4-8-14)15-9-5-2-6-10-15/h1-10,16-18H,11-13,22H2,(H,23,24)(H,25,26)/t17-,18?,21+/m0/s1. The highest BCUT2D eigenvalue weighted by Gasteiger charge is 2.58. The number of carboxylic acids is 2. The molecule has 5 nitrogen and oxygen atoms in total. The number of rotatable bonds is 8. The summed E-state index contributed by atoms with van der Waals surface area (Å²) in [5.41, 5.74) is 6.90. The lowest BCUT2D eigenvalue weighted by Gasteiger charge is -2.28. The van der Waals surface area contributed by atoms with Crippen molar-refractivity contribution in [3.63, 3.8) is 0 Å². The van der Waals surface area contributed by atoms with Crippen LogP contribution in [0.4, 0.5) is 0 Å². The van der Waals surface area contributed by atoms with Crippen LogP contribution in [0, 0.1) is 11.8 Å². The Hall–Kier alpha value is -2.66. The van der Waals surface area contributed by atoms with Gasteiger partial charge in [-0.3, -0.25) is 9.59 Å². The van der Waals surface area contributed by atoms with Crippen molar-refractivity contribution in [2.24, 2.45) is 17.6 Å². The van der Waals surface area contributed by atoms with Crippen molar-refractivity contribution in [1.29, 1.82) is 0 Å². The molecular formula is C21H23NO4. The first-order valence-corrected chi connectivity index (χ1v) is 8.78. The van der Waals surface area contributed by atoms with Gasteiger partial charge in [0.1, 0.15) is 5.54 Å². The van der Waals surface area contributed by atoms with E-state index in [-0.39, 0.29) is 12.3 Å².